The van der Waals surface area contributed by atoms with E-state index in [2.05, 4.69) is 12.1 Å². The predicted octanol–water partition coefficient (Wildman–Crippen LogP) is 3.91. The van der Waals surface area contributed by atoms with Gasteiger partial charge in [-0.3, -0.25) is 0 Å². The number of hydrogen-bond donors (Lipinski definition) is 0. The molecule has 2 heteroatoms. The van der Waals surface area contributed by atoms with E-state index >= 15 is 0 Å². The molecule has 1 aliphatic carbocycles. The molecule has 0 spiro atoms. The number of ether oxygens (including phenoxy) is 1. The lowest BCUT2D eigenvalue weighted by Gasteiger charge is -2.11. The highest BCUT2D eigenvalue weighted by molar-refractivity contribution is 5.89. The number of hydrogen-bond acceptors (Lipinski definition) is 2. The van der Waals surface area contributed by atoms with Gasteiger partial charge in [0, 0.05) is 0 Å². The van der Waals surface area contributed by atoms with Gasteiger partial charge in [0.1, 0.15) is 0 Å². The summed E-state index contributed by atoms with van der Waals surface area (Å²) >= 11 is 0. The van der Waals surface area contributed by atoms with Crippen molar-refractivity contribution in [3.8, 4) is 0 Å². The van der Waals surface area contributed by atoms with E-state index in [0.717, 1.165) is 0 Å². The molecule has 0 aromatic heterocycles. The number of rotatable bonds is 3. The lowest BCUT2D eigenvalue weighted by atomic mass is 9.97. The number of esters is 1. The van der Waals surface area contributed by atoms with E-state index in [1.54, 1.807) is 0 Å². The first-order chi connectivity index (χ1) is 8.16. The largest absolute Gasteiger partial charge is 0.459 e. The van der Waals surface area contributed by atoms with Crippen LogP contribution in [-0.2, 0) is 4.74 Å². The SMILES string of the molecule is CC(C)OC(=O)c1ccc(C2CCCC2)cc1. The Morgan fingerprint density at radius 1 is 1.18 bits per heavy atom. The van der Waals surface area contributed by atoms with E-state index in [-0.39, 0.29) is 12.1 Å². The van der Waals surface area contributed by atoms with Crippen LogP contribution in [0.5, 0.6) is 0 Å². The van der Waals surface area contributed by atoms with Crippen molar-refractivity contribution in [2.24, 2.45) is 0 Å². The molecule has 2 rings (SSSR count). The third-order valence-electron chi connectivity index (χ3n) is 3.32. The molecule has 0 unspecified atom stereocenters. The van der Waals surface area contributed by atoms with E-state index in [1.807, 2.05) is 26.0 Å². The lowest BCUT2D eigenvalue weighted by Crippen LogP contribution is -2.11. The van der Waals surface area contributed by atoms with Gasteiger partial charge in [-0.05, 0) is 50.3 Å². The Morgan fingerprint density at radius 3 is 2.29 bits per heavy atom. The summed E-state index contributed by atoms with van der Waals surface area (Å²) in [6.07, 6.45) is 5.19. The maximum atomic E-state index is 11.7. The number of benzene rings is 1. The first kappa shape index (κ1) is 12.2. The fraction of sp³-hybridized carbons (Fsp3) is 0.533. The molecular formula is C15H20O2. The predicted molar refractivity (Wildman–Crippen MR) is 68.2 cm³/mol. The van der Waals surface area contributed by atoms with Crippen molar-refractivity contribution >= 4 is 5.97 Å². The monoisotopic (exact) mass is 232 g/mol. The summed E-state index contributed by atoms with van der Waals surface area (Å²) in [4.78, 5) is 11.7. The quantitative estimate of drug-likeness (QED) is 0.738. The molecule has 0 amide bonds. The van der Waals surface area contributed by atoms with Crippen LogP contribution in [0, 0.1) is 0 Å². The third-order valence-corrected chi connectivity index (χ3v) is 3.32. The Labute approximate surface area is 103 Å². The zero-order valence-corrected chi connectivity index (χ0v) is 10.6. The van der Waals surface area contributed by atoms with Gasteiger partial charge in [-0.1, -0.05) is 25.0 Å². The maximum Gasteiger partial charge on any atom is 0.338 e. The second-order valence-electron chi connectivity index (χ2n) is 5.06. The van der Waals surface area contributed by atoms with Crippen LogP contribution in [-0.4, -0.2) is 12.1 Å². The summed E-state index contributed by atoms with van der Waals surface area (Å²) in [7, 11) is 0. The topological polar surface area (TPSA) is 26.3 Å². The zero-order chi connectivity index (χ0) is 12.3. The van der Waals surface area contributed by atoms with E-state index < -0.39 is 0 Å². The van der Waals surface area contributed by atoms with Crippen LogP contribution in [0.4, 0.5) is 0 Å². The van der Waals surface area contributed by atoms with E-state index in [0.29, 0.717) is 11.5 Å². The van der Waals surface area contributed by atoms with E-state index in [4.69, 9.17) is 4.74 Å². The summed E-state index contributed by atoms with van der Waals surface area (Å²) in [6, 6.07) is 7.93. The third kappa shape index (κ3) is 3.09. The van der Waals surface area contributed by atoms with Gasteiger partial charge in [0.15, 0.2) is 0 Å². The van der Waals surface area contributed by atoms with E-state index in [9.17, 15) is 4.79 Å². The molecule has 0 aliphatic heterocycles. The Kier molecular flexibility index (Phi) is 3.82. The Morgan fingerprint density at radius 2 is 1.76 bits per heavy atom. The first-order valence-corrected chi connectivity index (χ1v) is 6.48. The van der Waals surface area contributed by atoms with Gasteiger partial charge in [0.2, 0.25) is 0 Å². The number of carbonyl (C=O) groups is 1. The van der Waals surface area contributed by atoms with Crippen molar-refractivity contribution in [3.63, 3.8) is 0 Å². The fourth-order valence-electron chi connectivity index (χ4n) is 2.43. The van der Waals surface area contributed by atoms with Crippen molar-refractivity contribution in [2.75, 3.05) is 0 Å². The molecule has 92 valence electrons. The van der Waals surface area contributed by atoms with Gasteiger partial charge in [-0.2, -0.15) is 0 Å². The van der Waals surface area contributed by atoms with Crippen molar-refractivity contribution in [2.45, 2.75) is 51.6 Å². The van der Waals surface area contributed by atoms with Gasteiger partial charge in [-0.15, -0.1) is 0 Å². The number of carbonyl (C=O) groups excluding carboxylic acids is 1. The molecule has 0 N–H and O–H groups in total. The molecule has 1 saturated carbocycles. The lowest BCUT2D eigenvalue weighted by molar-refractivity contribution is 0.0378. The van der Waals surface area contributed by atoms with Crippen LogP contribution in [0.1, 0.15) is 61.4 Å². The average molecular weight is 232 g/mol. The van der Waals surface area contributed by atoms with Crippen molar-refractivity contribution in [1.29, 1.82) is 0 Å². The first-order valence-electron chi connectivity index (χ1n) is 6.48. The van der Waals surface area contributed by atoms with Gasteiger partial charge in [-0.25, -0.2) is 4.79 Å². The molecule has 1 aromatic rings. The normalized spacial score (nSPS) is 16.4. The van der Waals surface area contributed by atoms with Crippen molar-refractivity contribution in [1.82, 2.24) is 0 Å². The van der Waals surface area contributed by atoms with Gasteiger partial charge >= 0.3 is 5.97 Å². The van der Waals surface area contributed by atoms with Crippen LogP contribution in [0.2, 0.25) is 0 Å². The smallest absolute Gasteiger partial charge is 0.338 e. The Hall–Kier alpha value is -1.31. The average Bonchev–Trinajstić information content (AvgIpc) is 2.82. The van der Waals surface area contributed by atoms with Gasteiger partial charge < -0.3 is 4.74 Å². The fourth-order valence-corrected chi connectivity index (χ4v) is 2.43. The maximum absolute atomic E-state index is 11.7. The highest BCUT2D eigenvalue weighted by atomic mass is 16.5. The molecule has 1 aliphatic rings. The van der Waals surface area contributed by atoms with Gasteiger partial charge in [0.25, 0.3) is 0 Å². The Balaban J connectivity index is 2.04. The molecule has 0 atom stereocenters. The van der Waals surface area contributed by atoms with Crippen LogP contribution in [0.3, 0.4) is 0 Å². The molecule has 17 heavy (non-hydrogen) atoms. The summed E-state index contributed by atoms with van der Waals surface area (Å²) in [5.41, 5.74) is 2.02. The van der Waals surface area contributed by atoms with Crippen molar-refractivity contribution < 1.29 is 9.53 Å². The Bertz CT molecular complexity index is 372. The minimum absolute atomic E-state index is 0.0583. The van der Waals surface area contributed by atoms with Crippen LogP contribution in [0.15, 0.2) is 24.3 Å². The summed E-state index contributed by atoms with van der Waals surface area (Å²) in [5, 5.41) is 0. The molecule has 0 heterocycles. The molecule has 1 aromatic carbocycles. The summed E-state index contributed by atoms with van der Waals surface area (Å²) in [5.74, 6) is 0.475. The van der Waals surface area contributed by atoms with Crippen LogP contribution < -0.4 is 0 Å². The van der Waals surface area contributed by atoms with Crippen LogP contribution in [0.25, 0.3) is 0 Å². The highest BCUT2D eigenvalue weighted by Crippen LogP contribution is 2.33. The van der Waals surface area contributed by atoms with E-state index in [1.165, 1.54) is 31.2 Å². The zero-order valence-electron chi connectivity index (χ0n) is 10.6. The summed E-state index contributed by atoms with van der Waals surface area (Å²) < 4.78 is 5.16. The second kappa shape index (κ2) is 5.35. The minimum Gasteiger partial charge on any atom is -0.459 e. The molecule has 0 radical (unpaired) electrons. The molecule has 1 fully saturated rings. The molecule has 0 saturated heterocycles. The molecular weight excluding hydrogens is 212 g/mol. The molecule has 0 bridgehead atoms. The molecule has 2 nitrogen and oxygen atoms in total. The van der Waals surface area contributed by atoms with Gasteiger partial charge in [0.05, 0.1) is 11.7 Å². The minimum atomic E-state index is -0.224. The van der Waals surface area contributed by atoms with Crippen molar-refractivity contribution in [3.05, 3.63) is 35.4 Å². The summed E-state index contributed by atoms with van der Waals surface area (Å²) in [6.45, 7) is 3.73. The highest BCUT2D eigenvalue weighted by Gasteiger charge is 2.17. The van der Waals surface area contributed by atoms with Crippen LogP contribution >= 0.6 is 0 Å². The second-order valence-corrected chi connectivity index (χ2v) is 5.06. The standard InChI is InChI=1S/C15H20O2/c1-11(2)17-15(16)14-9-7-13(8-10-14)12-5-3-4-6-12/h7-12H,3-6H2,1-2H3.